The van der Waals surface area contributed by atoms with Gasteiger partial charge in [-0.2, -0.15) is 0 Å². The number of hydrazine groups is 1. The van der Waals surface area contributed by atoms with Gasteiger partial charge in [0.1, 0.15) is 5.82 Å². The van der Waals surface area contributed by atoms with E-state index in [1.807, 2.05) is 84.9 Å². The number of aliphatic hydroxyl groups is 1. The Kier molecular flexibility index (Phi) is 8.42. The summed E-state index contributed by atoms with van der Waals surface area (Å²) in [6.07, 6.45) is 0. The summed E-state index contributed by atoms with van der Waals surface area (Å²) in [6.45, 7) is 0.571. The Morgan fingerprint density at radius 3 is 1.58 bits per heavy atom. The molecule has 31 heavy (non-hydrogen) atoms. The first-order chi connectivity index (χ1) is 15.3. The molecule has 0 spiro atoms. The van der Waals surface area contributed by atoms with E-state index in [0.717, 1.165) is 22.5 Å². The summed E-state index contributed by atoms with van der Waals surface area (Å²) in [5.41, 5.74) is 9.48. The lowest BCUT2D eigenvalue weighted by molar-refractivity contribution is 0.311. The van der Waals surface area contributed by atoms with Gasteiger partial charge in [-0.1, -0.05) is 60.7 Å². The molecule has 0 bridgehead atoms. The van der Waals surface area contributed by atoms with Gasteiger partial charge in [0.25, 0.3) is 0 Å². The predicted molar refractivity (Wildman–Crippen MR) is 123 cm³/mol. The number of aliphatic hydroxyl groups excluding tert-OH is 1. The predicted octanol–water partition coefficient (Wildman–Crippen LogP) is 3.24. The molecule has 0 unspecified atom stereocenters. The molecule has 0 atom stereocenters. The third-order valence-electron chi connectivity index (χ3n) is 4.14. The first kappa shape index (κ1) is 21.8. The standard InChI is InChI=1S/C12H13N3O.C11H12N4/c16-9-8-13-12-7-6-11(14-15-12)10-4-2-1-3-5-10;1-12-14-11-8-7-10(13-15-11)9-5-3-2-4-6-9/h1-7,16H,8-9H2,(H,13,15);2-8,12H,1H3,(H,14,15). The Hall–Kier alpha value is -3.88. The topological polar surface area (TPSA) is 108 Å². The Balaban J connectivity index is 0.000000176. The molecule has 8 nitrogen and oxygen atoms in total. The molecule has 4 aromatic rings. The average molecular weight is 416 g/mol. The van der Waals surface area contributed by atoms with Crippen molar-refractivity contribution in [3.05, 3.63) is 84.9 Å². The lowest BCUT2D eigenvalue weighted by atomic mass is 10.1. The van der Waals surface area contributed by atoms with E-state index in [0.29, 0.717) is 18.2 Å². The second kappa shape index (κ2) is 12.0. The fourth-order valence-corrected chi connectivity index (χ4v) is 2.66. The Morgan fingerprint density at radius 1 is 0.645 bits per heavy atom. The molecule has 4 rings (SSSR count). The molecule has 8 heteroatoms. The average Bonchev–Trinajstić information content (AvgIpc) is 2.85. The molecule has 2 aromatic carbocycles. The molecule has 0 amide bonds. The molecule has 0 aliphatic rings. The minimum Gasteiger partial charge on any atom is -0.395 e. The van der Waals surface area contributed by atoms with E-state index in [4.69, 9.17) is 5.11 Å². The number of benzene rings is 2. The zero-order valence-electron chi connectivity index (χ0n) is 17.2. The van der Waals surface area contributed by atoms with Crippen LogP contribution in [0.5, 0.6) is 0 Å². The van der Waals surface area contributed by atoms with Gasteiger partial charge in [0.05, 0.1) is 18.0 Å². The van der Waals surface area contributed by atoms with Gasteiger partial charge in [0.2, 0.25) is 0 Å². The molecular formula is C23H25N7O. The van der Waals surface area contributed by atoms with Crippen LogP contribution in [0.1, 0.15) is 0 Å². The van der Waals surface area contributed by atoms with Crippen molar-refractivity contribution in [1.29, 1.82) is 0 Å². The van der Waals surface area contributed by atoms with Gasteiger partial charge in [-0.3, -0.25) is 0 Å². The number of hydrogen-bond donors (Lipinski definition) is 4. The van der Waals surface area contributed by atoms with Crippen LogP contribution in [-0.2, 0) is 0 Å². The van der Waals surface area contributed by atoms with E-state index in [1.54, 1.807) is 7.05 Å². The van der Waals surface area contributed by atoms with E-state index >= 15 is 0 Å². The van der Waals surface area contributed by atoms with Crippen LogP contribution in [0, 0.1) is 0 Å². The van der Waals surface area contributed by atoms with Crippen molar-refractivity contribution < 1.29 is 5.11 Å². The van der Waals surface area contributed by atoms with Crippen LogP contribution in [-0.4, -0.2) is 45.7 Å². The number of hydrogen-bond acceptors (Lipinski definition) is 8. The molecule has 0 aliphatic heterocycles. The van der Waals surface area contributed by atoms with Crippen molar-refractivity contribution in [3.8, 4) is 22.5 Å². The minimum absolute atomic E-state index is 0.0854. The van der Waals surface area contributed by atoms with Gasteiger partial charge in [0.15, 0.2) is 5.82 Å². The van der Waals surface area contributed by atoms with Gasteiger partial charge < -0.3 is 15.8 Å². The fraction of sp³-hybridized carbons (Fsp3) is 0.130. The maximum atomic E-state index is 8.65. The third kappa shape index (κ3) is 6.84. The molecule has 0 saturated heterocycles. The summed E-state index contributed by atoms with van der Waals surface area (Å²) >= 11 is 0. The summed E-state index contributed by atoms with van der Waals surface area (Å²) in [5, 5.41) is 27.9. The summed E-state index contributed by atoms with van der Waals surface area (Å²) in [5.74, 6) is 1.38. The molecule has 2 aromatic heterocycles. The number of nitrogens with one attached hydrogen (secondary N) is 3. The van der Waals surface area contributed by atoms with Gasteiger partial charge in [-0.05, 0) is 24.3 Å². The monoisotopic (exact) mass is 415 g/mol. The van der Waals surface area contributed by atoms with E-state index in [-0.39, 0.29) is 6.61 Å². The van der Waals surface area contributed by atoms with Gasteiger partial charge in [-0.15, -0.1) is 20.4 Å². The highest BCUT2D eigenvalue weighted by atomic mass is 16.3. The lowest BCUT2D eigenvalue weighted by Gasteiger charge is -2.03. The molecule has 4 N–H and O–H groups in total. The van der Waals surface area contributed by atoms with Crippen LogP contribution in [0.4, 0.5) is 11.6 Å². The molecule has 2 heterocycles. The summed E-state index contributed by atoms with van der Waals surface area (Å²) in [6, 6.07) is 27.4. The Bertz CT molecular complexity index is 1010. The summed E-state index contributed by atoms with van der Waals surface area (Å²) in [7, 11) is 1.78. The van der Waals surface area contributed by atoms with Gasteiger partial charge in [-0.25, -0.2) is 5.43 Å². The number of rotatable bonds is 7. The van der Waals surface area contributed by atoms with Crippen molar-refractivity contribution >= 4 is 11.6 Å². The van der Waals surface area contributed by atoms with Crippen molar-refractivity contribution in [2.75, 3.05) is 30.9 Å². The number of aromatic nitrogens is 4. The largest absolute Gasteiger partial charge is 0.395 e. The zero-order chi connectivity index (χ0) is 21.7. The van der Waals surface area contributed by atoms with E-state index in [1.165, 1.54) is 0 Å². The van der Waals surface area contributed by atoms with E-state index in [2.05, 4.69) is 36.6 Å². The van der Waals surface area contributed by atoms with E-state index in [9.17, 15) is 0 Å². The minimum atomic E-state index is 0.0854. The summed E-state index contributed by atoms with van der Waals surface area (Å²) in [4.78, 5) is 0. The van der Waals surface area contributed by atoms with Gasteiger partial charge >= 0.3 is 0 Å². The molecule has 0 aliphatic carbocycles. The quantitative estimate of drug-likeness (QED) is 0.341. The van der Waals surface area contributed by atoms with Crippen molar-refractivity contribution in [1.82, 2.24) is 25.8 Å². The van der Waals surface area contributed by atoms with E-state index < -0.39 is 0 Å². The summed E-state index contributed by atoms with van der Waals surface area (Å²) < 4.78 is 0. The highest BCUT2D eigenvalue weighted by Crippen LogP contribution is 2.16. The second-order valence-electron chi connectivity index (χ2n) is 6.37. The van der Waals surface area contributed by atoms with Crippen LogP contribution < -0.4 is 16.2 Å². The number of anilines is 2. The van der Waals surface area contributed by atoms with Crippen LogP contribution in [0.2, 0.25) is 0 Å². The first-order valence-electron chi connectivity index (χ1n) is 9.86. The maximum absolute atomic E-state index is 8.65. The highest BCUT2D eigenvalue weighted by molar-refractivity contribution is 5.60. The van der Waals surface area contributed by atoms with Crippen LogP contribution in [0.15, 0.2) is 84.9 Å². The molecular weight excluding hydrogens is 390 g/mol. The Morgan fingerprint density at radius 2 is 1.16 bits per heavy atom. The highest BCUT2D eigenvalue weighted by Gasteiger charge is 2.00. The second-order valence-corrected chi connectivity index (χ2v) is 6.37. The third-order valence-corrected chi connectivity index (χ3v) is 4.14. The van der Waals surface area contributed by atoms with Crippen LogP contribution >= 0.6 is 0 Å². The smallest absolute Gasteiger partial charge is 0.162 e. The molecule has 0 radical (unpaired) electrons. The van der Waals surface area contributed by atoms with Crippen LogP contribution in [0.3, 0.4) is 0 Å². The normalized spacial score (nSPS) is 10.0. The Labute approximate surface area is 181 Å². The zero-order valence-corrected chi connectivity index (χ0v) is 17.2. The van der Waals surface area contributed by atoms with Crippen molar-refractivity contribution in [2.45, 2.75) is 0 Å². The molecule has 158 valence electrons. The van der Waals surface area contributed by atoms with Crippen molar-refractivity contribution in [2.24, 2.45) is 0 Å². The lowest BCUT2D eigenvalue weighted by Crippen LogP contribution is -2.16. The fourth-order valence-electron chi connectivity index (χ4n) is 2.66. The van der Waals surface area contributed by atoms with Gasteiger partial charge in [0, 0.05) is 24.7 Å². The SMILES string of the molecule is CNNc1ccc(-c2ccccc2)nn1.OCCNc1ccc(-c2ccccc2)nn1. The molecule has 0 fully saturated rings. The van der Waals surface area contributed by atoms with Crippen molar-refractivity contribution in [3.63, 3.8) is 0 Å². The maximum Gasteiger partial charge on any atom is 0.162 e. The number of nitrogens with zero attached hydrogens (tertiary/aromatic N) is 4. The van der Waals surface area contributed by atoms with Crippen LogP contribution in [0.25, 0.3) is 22.5 Å². The molecule has 0 saturated carbocycles. The first-order valence-corrected chi connectivity index (χ1v) is 9.86.